The van der Waals surface area contributed by atoms with E-state index in [4.69, 9.17) is 16.3 Å². The van der Waals surface area contributed by atoms with Crippen LogP contribution in [0.2, 0.25) is 0 Å². The lowest BCUT2D eigenvalue weighted by atomic mass is 10.4. The van der Waals surface area contributed by atoms with Gasteiger partial charge in [-0.2, -0.15) is 0 Å². The largest absolute Gasteiger partial charge is 0.377 e. The van der Waals surface area contributed by atoms with Crippen LogP contribution in [0.1, 0.15) is 13.3 Å². The predicted octanol–water partition coefficient (Wildman–Crippen LogP) is 2.21. The van der Waals surface area contributed by atoms with E-state index in [2.05, 4.69) is 13.5 Å². The standard InChI is InChI=1S/C7H13ClO/c1-3-4-9-6-7(2)5-8/h2-6H2,1H3. The highest BCUT2D eigenvalue weighted by atomic mass is 35.5. The van der Waals surface area contributed by atoms with Crippen molar-refractivity contribution in [2.24, 2.45) is 0 Å². The molecule has 0 amide bonds. The molecule has 0 aromatic rings. The van der Waals surface area contributed by atoms with Crippen LogP contribution in [-0.4, -0.2) is 19.1 Å². The summed E-state index contributed by atoms with van der Waals surface area (Å²) in [6.45, 7) is 7.17. The zero-order valence-corrected chi connectivity index (χ0v) is 6.58. The molecule has 0 unspecified atom stereocenters. The number of hydrogen-bond acceptors (Lipinski definition) is 1. The molecule has 0 bridgehead atoms. The van der Waals surface area contributed by atoms with E-state index in [0.29, 0.717) is 12.5 Å². The molecule has 0 N–H and O–H groups in total. The first-order valence-corrected chi connectivity index (χ1v) is 3.65. The van der Waals surface area contributed by atoms with Crippen LogP contribution >= 0.6 is 11.6 Å². The van der Waals surface area contributed by atoms with Gasteiger partial charge in [0, 0.05) is 12.5 Å². The Hall–Kier alpha value is -0.0100. The minimum absolute atomic E-state index is 0.504. The summed E-state index contributed by atoms with van der Waals surface area (Å²) in [5.41, 5.74) is 0.949. The van der Waals surface area contributed by atoms with Gasteiger partial charge < -0.3 is 4.74 Å². The van der Waals surface area contributed by atoms with Gasteiger partial charge in [-0.15, -0.1) is 11.6 Å². The van der Waals surface area contributed by atoms with E-state index in [1.54, 1.807) is 0 Å². The molecule has 1 nitrogen and oxygen atoms in total. The first-order valence-electron chi connectivity index (χ1n) is 3.11. The molecule has 0 aliphatic carbocycles. The quantitative estimate of drug-likeness (QED) is 0.330. The van der Waals surface area contributed by atoms with Crippen LogP contribution in [0.4, 0.5) is 0 Å². The Morgan fingerprint density at radius 3 is 2.78 bits per heavy atom. The summed E-state index contributed by atoms with van der Waals surface area (Å²) in [6.07, 6.45) is 1.05. The van der Waals surface area contributed by atoms with Gasteiger partial charge in [0.2, 0.25) is 0 Å². The molecule has 0 aliphatic heterocycles. The molecule has 9 heavy (non-hydrogen) atoms. The summed E-state index contributed by atoms with van der Waals surface area (Å²) in [6, 6.07) is 0. The smallest absolute Gasteiger partial charge is 0.0685 e. The fraction of sp³-hybridized carbons (Fsp3) is 0.714. The Morgan fingerprint density at radius 1 is 1.67 bits per heavy atom. The van der Waals surface area contributed by atoms with Crippen molar-refractivity contribution in [2.75, 3.05) is 19.1 Å². The summed E-state index contributed by atoms with van der Waals surface area (Å²) in [4.78, 5) is 0. The van der Waals surface area contributed by atoms with Crippen LogP contribution in [0, 0.1) is 0 Å². The monoisotopic (exact) mass is 148 g/mol. The highest BCUT2D eigenvalue weighted by molar-refractivity contribution is 6.19. The first-order chi connectivity index (χ1) is 4.31. The SMILES string of the molecule is C=C(CCl)COCCC. The van der Waals surface area contributed by atoms with Crippen LogP contribution in [0.5, 0.6) is 0 Å². The number of hydrogen-bond donors (Lipinski definition) is 0. The Balaban J connectivity index is 2.97. The number of alkyl halides is 1. The topological polar surface area (TPSA) is 9.23 Å². The van der Waals surface area contributed by atoms with E-state index in [9.17, 15) is 0 Å². The molecule has 0 aromatic heterocycles. The summed E-state index contributed by atoms with van der Waals surface area (Å²) < 4.78 is 5.15. The molecule has 0 aromatic carbocycles. The predicted molar refractivity (Wildman–Crippen MR) is 41.0 cm³/mol. The fourth-order valence-electron chi connectivity index (χ4n) is 0.399. The van der Waals surface area contributed by atoms with E-state index >= 15 is 0 Å². The van der Waals surface area contributed by atoms with Crippen LogP contribution < -0.4 is 0 Å². The Morgan fingerprint density at radius 2 is 2.33 bits per heavy atom. The fourth-order valence-corrected chi connectivity index (χ4v) is 0.477. The highest BCUT2D eigenvalue weighted by Crippen LogP contribution is 1.94. The van der Waals surface area contributed by atoms with Gasteiger partial charge >= 0.3 is 0 Å². The van der Waals surface area contributed by atoms with Crippen molar-refractivity contribution < 1.29 is 4.74 Å². The third-order valence-electron chi connectivity index (χ3n) is 0.844. The maximum atomic E-state index is 5.45. The van der Waals surface area contributed by atoms with Crippen molar-refractivity contribution in [1.29, 1.82) is 0 Å². The lowest BCUT2D eigenvalue weighted by Gasteiger charge is -2.00. The molecule has 0 saturated carbocycles. The molecule has 0 aliphatic rings. The van der Waals surface area contributed by atoms with Gasteiger partial charge in [0.25, 0.3) is 0 Å². The normalized spacial score (nSPS) is 9.56. The number of ether oxygens (including phenoxy) is 1. The lowest BCUT2D eigenvalue weighted by Crippen LogP contribution is -1.98. The molecular formula is C7H13ClO. The zero-order chi connectivity index (χ0) is 7.11. The molecule has 0 spiro atoms. The third-order valence-corrected chi connectivity index (χ3v) is 1.22. The number of rotatable bonds is 5. The van der Waals surface area contributed by atoms with E-state index in [-0.39, 0.29) is 0 Å². The summed E-state index contributed by atoms with van der Waals surface area (Å²) >= 11 is 5.45. The van der Waals surface area contributed by atoms with E-state index < -0.39 is 0 Å². The molecule has 0 heterocycles. The lowest BCUT2D eigenvalue weighted by molar-refractivity contribution is 0.157. The molecule has 0 fully saturated rings. The van der Waals surface area contributed by atoms with Crippen LogP contribution in [0.25, 0.3) is 0 Å². The van der Waals surface area contributed by atoms with Crippen molar-refractivity contribution in [3.63, 3.8) is 0 Å². The van der Waals surface area contributed by atoms with Crippen molar-refractivity contribution in [2.45, 2.75) is 13.3 Å². The van der Waals surface area contributed by atoms with Gasteiger partial charge in [0.05, 0.1) is 6.61 Å². The number of halogens is 1. The Labute approximate surface area is 61.7 Å². The van der Waals surface area contributed by atoms with Crippen molar-refractivity contribution in [1.82, 2.24) is 0 Å². The van der Waals surface area contributed by atoms with Gasteiger partial charge in [-0.05, 0) is 12.0 Å². The maximum absolute atomic E-state index is 5.45. The first kappa shape index (κ1) is 8.99. The average molecular weight is 149 g/mol. The van der Waals surface area contributed by atoms with Crippen LogP contribution in [-0.2, 0) is 4.74 Å². The summed E-state index contributed by atoms with van der Waals surface area (Å²) in [5, 5.41) is 0. The Bertz CT molecular complexity index is 81.0. The molecule has 2 heteroatoms. The second kappa shape index (κ2) is 6.12. The van der Waals surface area contributed by atoms with Crippen molar-refractivity contribution >= 4 is 11.6 Å². The Kier molecular flexibility index (Phi) is 6.11. The van der Waals surface area contributed by atoms with E-state index in [1.165, 1.54) is 0 Å². The van der Waals surface area contributed by atoms with E-state index in [0.717, 1.165) is 18.6 Å². The minimum atomic E-state index is 0.504. The summed E-state index contributed by atoms with van der Waals surface area (Å²) in [5.74, 6) is 0.504. The molecule has 0 rings (SSSR count). The average Bonchev–Trinajstić information content (AvgIpc) is 1.89. The second-order valence-electron chi connectivity index (χ2n) is 1.94. The second-order valence-corrected chi connectivity index (χ2v) is 2.20. The van der Waals surface area contributed by atoms with Gasteiger partial charge in [-0.1, -0.05) is 13.5 Å². The third kappa shape index (κ3) is 5.87. The highest BCUT2D eigenvalue weighted by Gasteiger charge is 1.89. The molecule has 54 valence electrons. The summed E-state index contributed by atoms with van der Waals surface area (Å²) in [7, 11) is 0. The minimum Gasteiger partial charge on any atom is -0.377 e. The molecule has 0 radical (unpaired) electrons. The molecule has 0 saturated heterocycles. The molecule has 0 atom stereocenters. The van der Waals surface area contributed by atoms with E-state index in [1.807, 2.05) is 0 Å². The van der Waals surface area contributed by atoms with Crippen LogP contribution in [0.15, 0.2) is 12.2 Å². The van der Waals surface area contributed by atoms with Crippen molar-refractivity contribution in [3.8, 4) is 0 Å². The van der Waals surface area contributed by atoms with Gasteiger partial charge in [-0.25, -0.2) is 0 Å². The molecular weight excluding hydrogens is 136 g/mol. The zero-order valence-electron chi connectivity index (χ0n) is 5.82. The van der Waals surface area contributed by atoms with Crippen LogP contribution in [0.3, 0.4) is 0 Å². The maximum Gasteiger partial charge on any atom is 0.0685 e. The van der Waals surface area contributed by atoms with Gasteiger partial charge in [0.1, 0.15) is 0 Å². The van der Waals surface area contributed by atoms with Crippen molar-refractivity contribution in [3.05, 3.63) is 12.2 Å². The van der Waals surface area contributed by atoms with Gasteiger partial charge in [0.15, 0.2) is 0 Å². The van der Waals surface area contributed by atoms with Gasteiger partial charge in [-0.3, -0.25) is 0 Å².